The number of amides is 2. The molecule has 0 aliphatic heterocycles. The summed E-state index contributed by atoms with van der Waals surface area (Å²) < 4.78 is 0. The van der Waals surface area contributed by atoms with Gasteiger partial charge in [-0.05, 0) is 31.6 Å². The maximum Gasteiger partial charge on any atom is 0.308 e. The van der Waals surface area contributed by atoms with Crippen LogP contribution < -0.4 is 10.6 Å². The van der Waals surface area contributed by atoms with Gasteiger partial charge in [0.2, 0.25) is 11.8 Å². The van der Waals surface area contributed by atoms with Gasteiger partial charge in [-0.3, -0.25) is 14.4 Å². The predicted octanol–water partition coefficient (Wildman–Crippen LogP) is 2.61. The Labute approximate surface area is 150 Å². The molecule has 142 valence electrons. The van der Waals surface area contributed by atoms with Crippen LogP contribution in [-0.4, -0.2) is 35.5 Å². The van der Waals surface area contributed by atoms with E-state index in [0.717, 1.165) is 38.5 Å². The van der Waals surface area contributed by atoms with E-state index in [0.29, 0.717) is 25.2 Å². The fourth-order valence-electron chi connectivity index (χ4n) is 4.12. The van der Waals surface area contributed by atoms with Gasteiger partial charge in [0.1, 0.15) is 0 Å². The summed E-state index contributed by atoms with van der Waals surface area (Å²) in [7, 11) is 0. The van der Waals surface area contributed by atoms with Crippen molar-refractivity contribution in [3.63, 3.8) is 0 Å². The second-order valence-electron chi connectivity index (χ2n) is 7.60. The van der Waals surface area contributed by atoms with Crippen LogP contribution in [0, 0.1) is 11.8 Å². The van der Waals surface area contributed by atoms with Gasteiger partial charge in [-0.1, -0.05) is 44.9 Å². The molecule has 2 aliphatic carbocycles. The van der Waals surface area contributed by atoms with Gasteiger partial charge in [-0.15, -0.1) is 0 Å². The minimum absolute atomic E-state index is 0.0611. The number of carboxylic acid groups (broad SMARTS) is 1. The molecule has 0 aromatic rings. The van der Waals surface area contributed by atoms with Crippen molar-refractivity contribution in [1.29, 1.82) is 0 Å². The van der Waals surface area contributed by atoms with Crippen molar-refractivity contribution < 1.29 is 19.5 Å². The van der Waals surface area contributed by atoms with Crippen molar-refractivity contribution in [3.05, 3.63) is 0 Å². The quantitative estimate of drug-likeness (QED) is 0.685. The Morgan fingerprint density at radius 2 is 1.40 bits per heavy atom. The van der Waals surface area contributed by atoms with Crippen molar-refractivity contribution >= 4 is 17.8 Å². The molecular formula is C19H32N2O4. The molecule has 3 N–H and O–H groups in total. The molecule has 2 amide bonds. The summed E-state index contributed by atoms with van der Waals surface area (Å²) in [5.74, 6) is -1.28. The fraction of sp³-hybridized carbons (Fsp3) is 0.842. The molecule has 2 unspecified atom stereocenters. The molecule has 2 saturated carbocycles. The molecule has 0 heterocycles. The number of hydrogen-bond acceptors (Lipinski definition) is 3. The van der Waals surface area contributed by atoms with Crippen LogP contribution in [0.15, 0.2) is 0 Å². The van der Waals surface area contributed by atoms with Crippen LogP contribution >= 0.6 is 0 Å². The highest BCUT2D eigenvalue weighted by atomic mass is 16.4. The van der Waals surface area contributed by atoms with E-state index in [-0.39, 0.29) is 24.4 Å². The van der Waals surface area contributed by atoms with E-state index in [1.54, 1.807) is 0 Å². The van der Waals surface area contributed by atoms with Gasteiger partial charge in [-0.25, -0.2) is 0 Å². The lowest BCUT2D eigenvalue weighted by Gasteiger charge is -2.27. The van der Waals surface area contributed by atoms with Crippen molar-refractivity contribution in [2.45, 2.75) is 83.1 Å². The summed E-state index contributed by atoms with van der Waals surface area (Å²) in [5.41, 5.74) is 0. The number of carbonyl (C=O) groups is 3. The summed E-state index contributed by atoms with van der Waals surface area (Å²) >= 11 is 0. The molecule has 0 aromatic heterocycles. The molecule has 0 radical (unpaired) electrons. The molecule has 25 heavy (non-hydrogen) atoms. The smallest absolute Gasteiger partial charge is 0.308 e. The lowest BCUT2D eigenvalue weighted by atomic mass is 9.86. The average molecular weight is 352 g/mol. The number of nitrogens with one attached hydrogen (secondary N) is 2. The minimum atomic E-state index is -0.839. The molecule has 0 bridgehead atoms. The van der Waals surface area contributed by atoms with Gasteiger partial charge >= 0.3 is 5.97 Å². The van der Waals surface area contributed by atoms with Crippen molar-refractivity contribution in [1.82, 2.24) is 10.6 Å². The average Bonchev–Trinajstić information content (AvgIpc) is 2.56. The van der Waals surface area contributed by atoms with Crippen LogP contribution in [-0.2, 0) is 14.4 Å². The van der Waals surface area contributed by atoms with Crippen molar-refractivity contribution in [3.8, 4) is 0 Å². The van der Waals surface area contributed by atoms with E-state index in [1.165, 1.54) is 19.3 Å². The van der Waals surface area contributed by atoms with E-state index in [1.807, 2.05) is 0 Å². The van der Waals surface area contributed by atoms with Gasteiger partial charge in [0.25, 0.3) is 0 Å². The number of carbonyl (C=O) groups excluding carboxylic acids is 2. The zero-order valence-electron chi connectivity index (χ0n) is 15.1. The van der Waals surface area contributed by atoms with E-state index in [9.17, 15) is 19.5 Å². The van der Waals surface area contributed by atoms with Gasteiger partial charge in [-0.2, -0.15) is 0 Å². The number of rotatable bonds is 6. The third-order valence-corrected chi connectivity index (χ3v) is 5.57. The monoisotopic (exact) mass is 352 g/mol. The lowest BCUT2D eigenvalue weighted by molar-refractivity contribution is -0.143. The lowest BCUT2D eigenvalue weighted by Crippen LogP contribution is -2.47. The summed E-state index contributed by atoms with van der Waals surface area (Å²) in [6, 6.07) is -0.333. The molecule has 2 fully saturated rings. The fourth-order valence-corrected chi connectivity index (χ4v) is 4.12. The zero-order chi connectivity index (χ0) is 18.1. The first-order chi connectivity index (χ1) is 12.1. The number of hydrogen-bond donors (Lipinski definition) is 3. The Kier molecular flexibility index (Phi) is 8.22. The molecule has 0 saturated heterocycles. The molecule has 0 aromatic carbocycles. The summed E-state index contributed by atoms with van der Waals surface area (Å²) in [4.78, 5) is 35.6. The van der Waals surface area contributed by atoms with Crippen LogP contribution in [0.4, 0.5) is 0 Å². The van der Waals surface area contributed by atoms with Crippen LogP contribution in [0.1, 0.15) is 77.0 Å². The Balaban J connectivity index is 1.74. The molecule has 6 heteroatoms. The highest BCUT2D eigenvalue weighted by molar-refractivity contribution is 5.85. The highest BCUT2D eigenvalue weighted by Crippen LogP contribution is 2.26. The molecule has 2 atom stereocenters. The molecule has 2 rings (SSSR count). The van der Waals surface area contributed by atoms with Gasteiger partial charge < -0.3 is 15.7 Å². The van der Waals surface area contributed by atoms with E-state index < -0.39 is 11.9 Å². The van der Waals surface area contributed by atoms with E-state index >= 15 is 0 Å². The number of carboxylic acids is 1. The van der Waals surface area contributed by atoms with Crippen LogP contribution in [0.2, 0.25) is 0 Å². The molecule has 0 spiro atoms. The molecule has 6 nitrogen and oxygen atoms in total. The predicted molar refractivity (Wildman–Crippen MR) is 95.0 cm³/mol. The van der Waals surface area contributed by atoms with E-state index in [4.69, 9.17) is 0 Å². The first-order valence-corrected chi connectivity index (χ1v) is 9.85. The van der Waals surface area contributed by atoms with Crippen LogP contribution in [0.3, 0.4) is 0 Å². The van der Waals surface area contributed by atoms with E-state index in [2.05, 4.69) is 10.6 Å². The first-order valence-electron chi connectivity index (χ1n) is 9.85. The normalized spacial score (nSPS) is 25.4. The van der Waals surface area contributed by atoms with Gasteiger partial charge in [0.05, 0.1) is 12.5 Å². The first kappa shape index (κ1) is 19.7. The maximum absolute atomic E-state index is 12.2. The highest BCUT2D eigenvalue weighted by Gasteiger charge is 2.29. The van der Waals surface area contributed by atoms with Gasteiger partial charge in [0.15, 0.2) is 0 Å². The Bertz CT molecular complexity index is 460. The minimum Gasteiger partial charge on any atom is -0.481 e. The second-order valence-corrected chi connectivity index (χ2v) is 7.60. The summed E-state index contributed by atoms with van der Waals surface area (Å²) in [6.07, 6.45) is 11.6. The second kappa shape index (κ2) is 10.4. The largest absolute Gasteiger partial charge is 0.481 e. The standard InChI is InChI=1S/C19H32N2O4/c22-17(12-14-8-4-3-5-9-14)20-13-18(23)21-16-11-7-2-1-6-10-15(16)19(24)25/h14-16H,1-13H2,(H,20,22)(H,21,23)(H,24,25). The third-order valence-electron chi connectivity index (χ3n) is 5.57. The van der Waals surface area contributed by atoms with Crippen LogP contribution in [0.5, 0.6) is 0 Å². The van der Waals surface area contributed by atoms with Gasteiger partial charge in [0, 0.05) is 12.5 Å². The summed E-state index contributed by atoms with van der Waals surface area (Å²) in [5, 5.41) is 15.0. The Hall–Kier alpha value is -1.59. The van der Waals surface area contributed by atoms with Crippen LogP contribution in [0.25, 0.3) is 0 Å². The van der Waals surface area contributed by atoms with Crippen molar-refractivity contribution in [2.75, 3.05) is 6.54 Å². The zero-order valence-corrected chi connectivity index (χ0v) is 15.1. The SMILES string of the molecule is O=C(CC1CCCCC1)NCC(=O)NC1CCCCCCC1C(=O)O. The van der Waals surface area contributed by atoms with Crippen molar-refractivity contribution in [2.24, 2.45) is 11.8 Å². The molecule has 2 aliphatic rings. The maximum atomic E-state index is 12.2. The topological polar surface area (TPSA) is 95.5 Å². The Morgan fingerprint density at radius 3 is 2.08 bits per heavy atom. The third kappa shape index (κ3) is 7.04. The molecular weight excluding hydrogens is 320 g/mol. The number of aliphatic carboxylic acids is 1. The summed E-state index contributed by atoms with van der Waals surface area (Å²) in [6.45, 7) is -0.0611. The Morgan fingerprint density at radius 1 is 0.800 bits per heavy atom.